The first kappa shape index (κ1) is 26.9. The third kappa shape index (κ3) is 4.71. The van der Waals surface area contributed by atoms with E-state index in [4.69, 9.17) is 25.8 Å². The molecular formula is C32H42N6O3. The van der Waals surface area contributed by atoms with Crippen LogP contribution in [0.15, 0.2) is 16.8 Å². The maximum absolute atomic E-state index is 13.7. The first-order valence-corrected chi connectivity index (χ1v) is 15.6. The minimum atomic E-state index is -0.620. The highest BCUT2D eigenvalue weighted by Crippen LogP contribution is 2.58. The van der Waals surface area contributed by atoms with Gasteiger partial charge in [0.05, 0.1) is 5.69 Å². The van der Waals surface area contributed by atoms with E-state index in [1.165, 1.54) is 12.8 Å². The van der Waals surface area contributed by atoms with Gasteiger partial charge in [0.1, 0.15) is 5.60 Å². The first-order valence-electron chi connectivity index (χ1n) is 15.6. The normalized spacial score (nSPS) is 34.3. The van der Waals surface area contributed by atoms with Crippen LogP contribution in [0.5, 0.6) is 0 Å². The molecule has 1 amide bonds. The van der Waals surface area contributed by atoms with Gasteiger partial charge >= 0.3 is 6.09 Å². The summed E-state index contributed by atoms with van der Waals surface area (Å²) in [6.45, 7) is 14.0. The zero-order valence-electron chi connectivity index (χ0n) is 24.7. The van der Waals surface area contributed by atoms with Crippen molar-refractivity contribution >= 4 is 12.0 Å². The summed E-state index contributed by atoms with van der Waals surface area (Å²) in [5, 5.41) is 4.31. The van der Waals surface area contributed by atoms with Crippen molar-refractivity contribution in [3.63, 3.8) is 0 Å². The van der Waals surface area contributed by atoms with Crippen LogP contribution >= 0.6 is 0 Å². The van der Waals surface area contributed by atoms with Crippen LogP contribution in [0.3, 0.4) is 0 Å². The van der Waals surface area contributed by atoms with Crippen LogP contribution in [0.4, 0.5) is 10.7 Å². The Balaban J connectivity index is 1.13. The van der Waals surface area contributed by atoms with Crippen molar-refractivity contribution in [2.45, 2.75) is 139 Å². The summed E-state index contributed by atoms with van der Waals surface area (Å²) in [5.74, 6) is 2.65. The molecule has 7 aliphatic rings. The molecule has 218 valence electrons. The van der Waals surface area contributed by atoms with Gasteiger partial charge in [-0.3, -0.25) is 0 Å². The van der Waals surface area contributed by atoms with Crippen LogP contribution in [0, 0.1) is 12.0 Å². The Morgan fingerprint density at radius 3 is 2.22 bits per heavy atom. The first-order chi connectivity index (χ1) is 19.6. The van der Waals surface area contributed by atoms with Gasteiger partial charge in [0.2, 0.25) is 17.4 Å². The number of hydrogen-bond donors (Lipinski definition) is 0. The third-order valence-electron chi connectivity index (χ3n) is 11.2. The maximum atomic E-state index is 13.7. The molecule has 2 aromatic rings. The van der Waals surface area contributed by atoms with E-state index >= 15 is 0 Å². The summed E-state index contributed by atoms with van der Waals surface area (Å²) in [6.07, 6.45) is 15.5. The summed E-state index contributed by atoms with van der Waals surface area (Å²) in [4.78, 5) is 34.1. The number of aromatic nitrogens is 4. The number of hydrogen-bond acceptors (Lipinski definition) is 7. The fraction of sp³-hybridized carbons (Fsp3) is 0.750. The molecule has 0 N–H and O–H groups in total. The molecule has 0 unspecified atom stereocenters. The van der Waals surface area contributed by atoms with Gasteiger partial charge in [0.25, 0.3) is 0 Å². The second-order valence-electron chi connectivity index (χ2n) is 14.9. The van der Waals surface area contributed by atoms with E-state index in [-0.39, 0.29) is 27.9 Å². The lowest BCUT2D eigenvalue weighted by atomic mass is 9.53. The molecule has 0 aliphatic heterocycles. The fourth-order valence-corrected chi connectivity index (χ4v) is 8.14. The van der Waals surface area contributed by atoms with Gasteiger partial charge in [-0.2, -0.15) is 4.98 Å². The number of rotatable bonds is 6. The van der Waals surface area contributed by atoms with E-state index in [2.05, 4.69) is 15.0 Å². The van der Waals surface area contributed by atoms with E-state index < -0.39 is 5.60 Å². The number of anilines is 1. The standard InChI is InChI=1S/C32H42N6O3/c1-28(2,3)40-27(39)38(26-34-20-7-23(35-26)30-14-17-32(33-4,18-15-30)19-16-30)21-29-8-11-31(12-9-29,13-10-29)25-36-24(37-41-25)22-5-6-22/h7,20,22H,5-6,8-19,21H2,1-3H3. The molecule has 2 aromatic heterocycles. The highest BCUT2D eigenvalue weighted by atomic mass is 16.6. The Morgan fingerprint density at radius 1 is 1.00 bits per heavy atom. The average Bonchev–Trinajstić information content (AvgIpc) is 3.72. The molecule has 0 aromatic carbocycles. The monoisotopic (exact) mass is 558 g/mol. The van der Waals surface area contributed by atoms with Crippen molar-refractivity contribution < 1.29 is 14.1 Å². The van der Waals surface area contributed by atoms with Crippen LogP contribution in [0.25, 0.3) is 4.85 Å². The highest BCUT2D eigenvalue weighted by molar-refractivity contribution is 5.85. The Labute approximate surface area is 242 Å². The van der Waals surface area contributed by atoms with E-state index in [1.807, 2.05) is 33.0 Å². The number of carbonyl (C=O) groups excluding carboxylic acids is 1. The molecule has 4 bridgehead atoms. The Hall–Kier alpha value is -3.02. The molecule has 9 nitrogen and oxygen atoms in total. The molecule has 9 heteroatoms. The number of fused-ring (bicyclic) bond motifs is 6. The molecule has 9 rings (SSSR count). The lowest BCUT2D eigenvalue weighted by Gasteiger charge is -2.52. The quantitative estimate of drug-likeness (QED) is 0.351. The Bertz CT molecular complexity index is 1330. The van der Waals surface area contributed by atoms with E-state index in [0.29, 0.717) is 18.4 Å². The van der Waals surface area contributed by atoms with Crippen molar-refractivity contribution in [1.82, 2.24) is 20.1 Å². The van der Waals surface area contributed by atoms with Crippen LogP contribution in [0.1, 0.15) is 134 Å². The molecule has 7 fully saturated rings. The lowest BCUT2D eigenvalue weighted by molar-refractivity contribution is 0.0216. The summed E-state index contributed by atoms with van der Waals surface area (Å²) in [6, 6.07) is 2.03. The second-order valence-corrected chi connectivity index (χ2v) is 14.9. The number of nitrogens with zero attached hydrogens (tertiary/aromatic N) is 6. The van der Waals surface area contributed by atoms with Crippen LogP contribution in [0.2, 0.25) is 0 Å². The molecule has 7 aliphatic carbocycles. The molecule has 0 atom stereocenters. The van der Waals surface area contributed by atoms with Gasteiger partial charge in [-0.15, -0.1) is 0 Å². The number of carbonyl (C=O) groups is 1. The third-order valence-corrected chi connectivity index (χ3v) is 11.2. The predicted octanol–water partition coefficient (Wildman–Crippen LogP) is 7.03. The average molecular weight is 559 g/mol. The molecule has 2 heterocycles. The van der Waals surface area contributed by atoms with Gasteiger partial charge < -0.3 is 14.1 Å². The zero-order valence-corrected chi connectivity index (χ0v) is 24.7. The smallest absolute Gasteiger partial charge is 0.417 e. The van der Waals surface area contributed by atoms with Crippen molar-refractivity contribution in [3.8, 4) is 0 Å². The van der Waals surface area contributed by atoms with Crippen molar-refractivity contribution in [3.05, 3.63) is 41.1 Å². The lowest BCUT2D eigenvalue weighted by Crippen LogP contribution is -2.52. The van der Waals surface area contributed by atoms with Crippen molar-refractivity contribution in [2.24, 2.45) is 5.41 Å². The maximum Gasteiger partial charge on any atom is 0.417 e. The Morgan fingerprint density at radius 2 is 1.63 bits per heavy atom. The van der Waals surface area contributed by atoms with Gasteiger partial charge in [-0.25, -0.2) is 26.2 Å². The zero-order chi connectivity index (χ0) is 28.5. The van der Waals surface area contributed by atoms with Crippen LogP contribution < -0.4 is 4.90 Å². The summed E-state index contributed by atoms with van der Waals surface area (Å²) >= 11 is 0. The summed E-state index contributed by atoms with van der Waals surface area (Å²) < 4.78 is 11.8. The molecule has 0 radical (unpaired) electrons. The van der Waals surface area contributed by atoms with Crippen molar-refractivity contribution in [2.75, 3.05) is 11.4 Å². The van der Waals surface area contributed by atoms with Gasteiger partial charge in [-0.05, 0) is 103 Å². The predicted molar refractivity (Wildman–Crippen MR) is 152 cm³/mol. The SMILES string of the molecule is [C-]#[N+]C12CCC(c3ccnc(N(CC45CCC(c6nc(C7CC7)no6)(CC4)CC5)C(=O)OC(C)(C)C)n3)(CC1)CC2. The van der Waals surface area contributed by atoms with Crippen molar-refractivity contribution in [1.29, 1.82) is 0 Å². The molecule has 0 saturated heterocycles. The molecule has 41 heavy (non-hydrogen) atoms. The largest absolute Gasteiger partial charge is 0.443 e. The van der Waals surface area contributed by atoms with Crippen LogP contribution in [-0.4, -0.2) is 43.9 Å². The van der Waals surface area contributed by atoms with Crippen LogP contribution in [-0.2, 0) is 15.6 Å². The molecule has 0 spiro atoms. The number of ether oxygens (including phenoxy) is 1. The van der Waals surface area contributed by atoms with E-state index in [1.54, 1.807) is 4.90 Å². The second kappa shape index (κ2) is 9.24. The minimum absolute atomic E-state index is 0.0133. The fourth-order valence-electron chi connectivity index (χ4n) is 8.14. The highest BCUT2D eigenvalue weighted by Gasteiger charge is 2.55. The van der Waals surface area contributed by atoms with Gasteiger partial charge in [0.15, 0.2) is 5.82 Å². The Kier molecular flexibility index (Phi) is 6.05. The summed E-state index contributed by atoms with van der Waals surface area (Å²) in [5.41, 5.74) is 0.154. The summed E-state index contributed by atoms with van der Waals surface area (Å²) in [7, 11) is 0. The van der Waals surface area contributed by atoms with E-state index in [0.717, 1.165) is 94.5 Å². The molecular weight excluding hydrogens is 516 g/mol. The minimum Gasteiger partial charge on any atom is -0.443 e. The van der Waals surface area contributed by atoms with Gasteiger partial charge in [-0.1, -0.05) is 5.16 Å². The number of amides is 1. The van der Waals surface area contributed by atoms with E-state index in [9.17, 15) is 4.79 Å². The van der Waals surface area contributed by atoms with Gasteiger partial charge in [0, 0.05) is 48.8 Å². The molecule has 7 saturated carbocycles. The topological polar surface area (TPSA) is 98.6 Å².